The molecule has 0 heterocycles. The predicted octanol–water partition coefficient (Wildman–Crippen LogP) is 0.800. The molecule has 0 aliphatic carbocycles. The summed E-state index contributed by atoms with van der Waals surface area (Å²) >= 11 is 0. The zero-order valence-corrected chi connectivity index (χ0v) is 13.4. The van der Waals surface area contributed by atoms with Crippen LogP contribution in [0.1, 0.15) is 27.2 Å². The van der Waals surface area contributed by atoms with Crippen LogP contribution in [0, 0.1) is 0 Å². The number of nitrogens with zero attached hydrogens (tertiary/aromatic N) is 2. The van der Waals surface area contributed by atoms with E-state index < -0.39 is 0 Å². The summed E-state index contributed by atoms with van der Waals surface area (Å²) in [6.07, 6.45) is 0.784. The maximum atomic E-state index is 11.6. The summed E-state index contributed by atoms with van der Waals surface area (Å²) in [6.45, 7) is 10.1. The van der Waals surface area contributed by atoms with Crippen molar-refractivity contribution < 1.29 is 9.53 Å². The fourth-order valence-corrected chi connectivity index (χ4v) is 2.32. The molecule has 2 atom stereocenters. The zero-order chi connectivity index (χ0) is 14.8. The van der Waals surface area contributed by atoms with Crippen molar-refractivity contribution >= 4 is 5.97 Å². The number of nitrogens with one attached hydrogen (secondary N) is 1. The summed E-state index contributed by atoms with van der Waals surface area (Å²) in [5, 5.41) is 3.18. The first kappa shape index (κ1) is 18.4. The summed E-state index contributed by atoms with van der Waals surface area (Å²) in [5.41, 5.74) is 0. The first-order chi connectivity index (χ1) is 8.96. The smallest absolute Gasteiger partial charge is 0.322 e. The van der Waals surface area contributed by atoms with Gasteiger partial charge in [0.05, 0.1) is 7.11 Å². The van der Waals surface area contributed by atoms with Crippen molar-refractivity contribution in [2.75, 3.05) is 47.4 Å². The number of methoxy groups -OCH3 is 1. The molecule has 0 aliphatic heterocycles. The van der Waals surface area contributed by atoms with E-state index in [9.17, 15) is 4.79 Å². The van der Waals surface area contributed by atoms with Gasteiger partial charge in [-0.25, -0.2) is 0 Å². The number of ether oxygens (including phenoxy) is 1. The van der Waals surface area contributed by atoms with E-state index in [0.717, 1.165) is 32.6 Å². The minimum absolute atomic E-state index is 0.168. The lowest BCUT2D eigenvalue weighted by Gasteiger charge is -2.31. The number of esters is 1. The molecule has 114 valence electrons. The Morgan fingerprint density at radius 3 is 2.37 bits per heavy atom. The lowest BCUT2D eigenvalue weighted by molar-refractivity contribution is -0.143. The highest BCUT2D eigenvalue weighted by Crippen LogP contribution is 2.04. The monoisotopic (exact) mass is 273 g/mol. The number of carbonyl (C=O) groups is 1. The largest absolute Gasteiger partial charge is 0.468 e. The first-order valence-electron chi connectivity index (χ1n) is 7.16. The van der Waals surface area contributed by atoms with Gasteiger partial charge in [-0.3, -0.25) is 9.69 Å². The van der Waals surface area contributed by atoms with Crippen LogP contribution in [0.15, 0.2) is 0 Å². The van der Waals surface area contributed by atoms with Gasteiger partial charge in [-0.05, 0) is 40.5 Å². The summed E-state index contributed by atoms with van der Waals surface area (Å²) < 4.78 is 4.83. The second kappa shape index (κ2) is 10.2. The molecular weight excluding hydrogens is 242 g/mol. The van der Waals surface area contributed by atoms with Gasteiger partial charge in [0, 0.05) is 19.1 Å². The normalized spacial score (nSPS) is 14.7. The third-order valence-corrected chi connectivity index (χ3v) is 3.30. The molecular formula is C14H31N3O2. The molecule has 2 unspecified atom stereocenters. The third kappa shape index (κ3) is 7.50. The Kier molecular flexibility index (Phi) is 9.83. The van der Waals surface area contributed by atoms with Crippen LogP contribution in [0.5, 0.6) is 0 Å². The van der Waals surface area contributed by atoms with Gasteiger partial charge in [0.25, 0.3) is 0 Å². The maximum Gasteiger partial charge on any atom is 0.322 e. The highest BCUT2D eigenvalue weighted by molar-refractivity contribution is 5.75. The van der Waals surface area contributed by atoms with E-state index >= 15 is 0 Å². The molecule has 0 saturated carbocycles. The Morgan fingerprint density at radius 2 is 1.95 bits per heavy atom. The molecule has 0 spiro atoms. The van der Waals surface area contributed by atoms with Crippen LogP contribution in [-0.2, 0) is 9.53 Å². The SMILES string of the molecule is CCNC(CCN(CC)C(C)CN(C)C)C(=O)OC. The van der Waals surface area contributed by atoms with E-state index in [0.29, 0.717) is 6.04 Å². The van der Waals surface area contributed by atoms with Crippen LogP contribution >= 0.6 is 0 Å². The Balaban J connectivity index is 4.32. The summed E-state index contributed by atoms with van der Waals surface area (Å²) in [7, 11) is 5.61. The molecule has 0 amide bonds. The summed E-state index contributed by atoms with van der Waals surface area (Å²) in [4.78, 5) is 16.2. The van der Waals surface area contributed by atoms with Gasteiger partial charge < -0.3 is 15.0 Å². The van der Waals surface area contributed by atoms with E-state index in [1.165, 1.54) is 7.11 Å². The lowest BCUT2D eigenvalue weighted by Crippen LogP contribution is -2.44. The van der Waals surface area contributed by atoms with Gasteiger partial charge in [-0.15, -0.1) is 0 Å². The second-order valence-electron chi connectivity index (χ2n) is 5.16. The van der Waals surface area contributed by atoms with Gasteiger partial charge in [-0.2, -0.15) is 0 Å². The van der Waals surface area contributed by atoms with Gasteiger partial charge >= 0.3 is 5.97 Å². The summed E-state index contributed by atoms with van der Waals surface area (Å²) in [5.74, 6) is -0.168. The van der Waals surface area contributed by atoms with Crippen molar-refractivity contribution in [3.63, 3.8) is 0 Å². The fourth-order valence-electron chi connectivity index (χ4n) is 2.32. The van der Waals surface area contributed by atoms with E-state index in [-0.39, 0.29) is 12.0 Å². The molecule has 5 nitrogen and oxygen atoms in total. The lowest BCUT2D eigenvalue weighted by atomic mass is 10.1. The summed E-state index contributed by atoms with van der Waals surface area (Å²) in [6, 6.07) is 0.288. The molecule has 0 saturated heterocycles. The van der Waals surface area contributed by atoms with Crippen LogP contribution in [0.4, 0.5) is 0 Å². The van der Waals surface area contributed by atoms with Crippen LogP contribution in [0.25, 0.3) is 0 Å². The van der Waals surface area contributed by atoms with Crippen LogP contribution < -0.4 is 5.32 Å². The number of rotatable bonds is 10. The minimum Gasteiger partial charge on any atom is -0.468 e. The third-order valence-electron chi connectivity index (χ3n) is 3.30. The molecule has 5 heteroatoms. The molecule has 19 heavy (non-hydrogen) atoms. The van der Waals surface area contributed by atoms with E-state index in [1.807, 2.05) is 6.92 Å². The Hall–Kier alpha value is -0.650. The molecule has 0 aliphatic rings. The molecule has 0 aromatic heterocycles. The second-order valence-corrected chi connectivity index (χ2v) is 5.16. The van der Waals surface area contributed by atoms with E-state index in [2.05, 4.69) is 43.1 Å². The number of hydrogen-bond acceptors (Lipinski definition) is 5. The van der Waals surface area contributed by atoms with Crippen molar-refractivity contribution in [3.05, 3.63) is 0 Å². The van der Waals surface area contributed by atoms with Crippen molar-refractivity contribution in [3.8, 4) is 0 Å². The maximum absolute atomic E-state index is 11.6. The first-order valence-corrected chi connectivity index (χ1v) is 7.16. The highest BCUT2D eigenvalue weighted by atomic mass is 16.5. The predicted molar refractivity (Wildman–Crippen MR) is 79.4 cm³/mol. The quantitative estimate of drug-likeness (QED) is 0.597. The van der Waals surface area contributed by atoms with Gasteiger partial charge in [0.1, 0.15) is 6.04 Å². The Morgan fingerprint density at radius 1 is 1.32 bits per heavy atom. The molecule has 1 N–H and O–H groups in total. The van der Waals surface area contributed by atoms with Gasteiger partial charge in [0.2, 0.25) is 0 Å². The average molecular weight is 273 g/mol. The Labute approximate surface area is 118 Å². The van der Waals surface area contributed by atoms with Crippen LogP contribution in [-0.4, -0.2) is 75.2 Å². The molecule has 0 fully saturated rings. The van der Waals surface area contributed by atoms with Crippen LogP contribution in [0.2, 0.25) is 0 Å². The molecule has 0 radical (unpaired) electrons. The molecule has 0 aromatic rings. The highest BCUT2D eigenvalue weighted by Gasteiger charge is 2.20. The van der Waals surface area contributed by atoms with E-state index in [4.69, 9.17) is 4.74 Å². The van der Waals surface area contributed by atoms with E-state index in [1.54, 1.807) is 0 Å². The standard InChI is InChI=1S/C14H31N3O2/c1-7-15-13(14(18)19-6)9-10-17(8-2)12(3)11-16(4)5/h12-13,15H,7-11H2,1-6H3. The van der Waals surface area contributed by atoms with Crippen molar-refractivity contribution in [2.24, 2.45) is 0 Å². The fraction of sp³-hybridized carbons (Fsp3) is 0.929. The zero-order valence-electron chi connectivity index (χ0n) is 13.4. The average Bonchev–Trinajstić information content (AvgIpc) is 2.36. The number of hydrogen-bond donors (Lipinski definition) is 1. The van der Waals surface area contributed by atoms with Crippen LogP contribution in [0.3, 0.4) is 0 Å². The molecule has 0 rings (SSSR count). The number of likely N-dealkylation sites (N-methyl/N-ethyl adjacent to an activating group) is 3. The van der Waals surface area contributed by atoms with Crippen molar-refractivity contribution in [1.29, 1.82) is 0 Å². The Bertz CT molecular complexity index is 247. The topological polar surface area (TPSA) is 44.8 Å². The van der Waals surface area contributed by atoms with Crippen molar-refractivity contribution in [2.45, 2.75) is 39.3 Å². The van der Waals surface area contributed by atoms with Gasteiger partial charge in [-0.1, -0.05) is 13.8 Å². The molecule has 0 aromatic carbocycles. The minimum atomic E-state index is -0.199. The van der Waals surface area contributed by atoms with Gasteiger partial charge in [0.15, 0.2) is 0 Å². The molecule has 0 bridgehead atoms. The number of carbonyl (C=O) groups excluding carboxylic acids is 1. The van der Waals surface area contributed by atoms with Crippen molar-refractivity contribution in [1.82, 2.24) is 15.1 Å².